The highest BCUT2D eigenvalue weighted by atomic mass is 16.4. The van der Waals surface area contributed by atoms with Crippen molar-refractivity contribution in [2.24, 2.45) is 5.92 Å². The molecule has 0 spiro atoms. The van der Waals surface area contributed by atoms with Crippen molar-refractivity contribution in [3.63, 3.8) is 0 Å². The Morgan fingerprint density at radius 2 is 1.95 bits per heavy atom. The largest absolute Gasteiger partial charge is 0.481 e. The van der Waals surface area contributed by atoms with Crippen LogP contribution in [-0.4, -0.2) is 27.3 Å². The van der Waals surface area contributed by atoms with Gasteiger partial charge >= 0.3 is 5.97 Å². The molecule has 5 nitrogen and oxygen atoms in total. The molecular weight excluding hydrogens is 242 g/mol. The number of nitrogens with one attached hydrogen (secondary N) is 1. The van der Waals surface area contributed by atoms with Gasteiger partial charge in [0.25, 0.3) is 0 Å². The van der Waals surface area contributed by atoms with E-state index in [0.29, 0.717) is 12.0 Å². The predicted octanol–water partition coefficient (Wildman–Crippen LogP) is 2.66. The lowest BCUT2D eigenvalue weighted by Crippen LogP contribution is -2.29. The van der Waals surface area contributed by atoms with Gasteiger partial charge in [0.1, 0.15) is 5.82 Å². The average molecular weight is 263 g/mol. The van der Waals surface area contributed by atoms with Crippen molar-refractivity contribution < 1.29 is 9.90 Å². The number of hydrogen-bond acceptors (Lipinski definition) is 4. The zero-order valence-corrected chi connectivity index (χ0v) is 11.5. The summed E-state index contributed by atoms with van der Waals surface area (Å²) in [6.07, 6.45) is 3.24. The molecule has 5 heteroatoms. The molecule has 1 aromatic rings. The molecule has 0 saturated heterocycles. The summed E-state index contributed by atoms with van der Waals surface area (Å²) in [6, 6.07) is 4.25. The fourth-order valence-corrected chi connectivity index (χ4v) is 2.42. The minimum Gasteiger partial charge on any atom is -0.481 e. The molecule has 0 atom stereocenters. The number of carboxylic acids is 1. The molecule has 0 bridgehead atoms. The Labute approximate surface area is 113 Å². The van der Waals surface area contributed by atoms with Gasteiger partial charge in [-0.15, -0.1) is 5.10 Å². The zero-order chi connectivity index (χ0) is 13.8. The number of nitrogens with zero attached hydrogens (tertiary/aromatic N) is 2. The van der Waals surface area contributed by atoms with Gasteiger partial charge in [0.15, 0.2) is 0 Å². The lowest BCUT2D eigenvalue weighted by Gasteiger charge is -2.27. The van der Waals surface area contributed by atoms with Crippen LogP contribution in [0.2, 0.25) is 0 Å². The molecule has 2 rings (SSSR count). The minimum absolute atomic E-state index is 0.174. The van der Waals surface area contributed by atoms with E-state index in [1.807, 2.05) is 12.1 Å². The second kappa shape index (κ2) is 5.99. The molecule has 1 saturated carbocycles. The van der Waals surface area contributed by atoms with Gasteiger partial charge in [0.05, 0.1) is 11.6 Å². The summed E-state index contributed by atoms with van der Waals surface area (Å²) in [6.45, 7) is 4.18. The molecule has 19 heavy (non-hydrogen) atoms. The summed E-state index contributed by atoms with van der Waals surface area (Å²) >= 11 is 0. The van der Waals surface area contributed by atoms with Gasteiger partial charge in [-0.3, -0.25) is 4.79 Å². The first-order valence-electron chi connectivity index (χ1n) is 6.89. The fourth-order valence-electron chi connectivity index (χ4n) is 2.42. The Morgan fingerprint density at radius 1 is 1.26 bits per heavy atom. The molecule has 0 radical (unpaired) electrons. The Kier molecular flexibility index (Phi) is 4.35. The van der Waals surface area contributed by atoms with Gasteiger partial charge in [-0.25, -0.2) is 0 Å². The highest BCUT2D eigenvalue weighted by Gasteiger charge is 2.25. The molecule has 1 heterocycles. The Balaban J connectivity index is 1.87. The van der Waals surface area contributed by atoms with Crippen molar-refractivity contribution in [3.05, 3.63) is 17.8 Å². The van der Waals surface area contributed by atoms with E-state index in [4.69, 9.17) is 5.11 Å². The average Bonchev–Trinajstić information content (AvgIpc) is 2.40. The van der Waals surface area contributed by atoms with E-state index in [1.165, 1.54) is 0 Å². The Hall–Kier alpha value is -1.65. The highest BCUT2D eigenvalue weighted by Crippen LogP contribution is 2.26. The van der Waals surface area contributed by atoms with E-state index in [0.717, 1.165) is 37.2 Å². The van der Waals surface area contributed by atoms with Crippen LogP contribution in [0.4, 0.5) is 5.82 Å². The third-order valence-corrected chi connectivity index (χ3v) is 3.71. The maximum absolute atomic E-state index is 10.9. The number of rotatable bonds is 4. The Bertz CT molecular complexity index is 423. The van der Waals surface area contributed by atoms with Gasteiger partial charge in [-0.2, -0.15) is 5.10 Å². The van der Waals surface area contributed by atoms with Gasteiger partial charge in [-0.05, 0) is 43.7 Å². The quantitative estimate of drug-likeness (QED) is 0.873. The van der Waals surface area contributed by atoms with E-state index in [2.05, 4.69) is 29.4 Å². The number of hydrogen-bond donors (Lipinski definition) is 2. The summed E-state index contributed by atoms with van der Waals surface area (Å²) in [7, 11) is 0. The van der Waals surface area contributed by atoms with E-state index in [-0.39, 0.29) is 5.92 Å². The first-order valence-corrected chi connectivity index (χ1v) is 6.89. The molecule has 2 N–H and O–H groups in total. The van der Waals surface area contributed by atoms with E-state index in [1.54, 1.807) is 0 Å². The van der Waals surface area contributed by atoms with Gasteiger partial charge in [0.2, 0.25) is 0 Å². The monoisotopic (exact) mass is 263 g/mol. The summed E-state index contributed by atoms with van der Waals surface area (Å²) in [5.41, 5.74) is 0.986. The lowest BCUT2D eigenvalue weighted by atomic mass is 9.86. The highest BCUT2D eigenvalue weighted by molar-refractivity contribution is 5.70. The number of anilines is 1. The maximum atomic E-state index is 10.9. The SMILES string of the molecule is CC(C)c1ccc(NC2CCC(C(=O)O)CC2)nn1. The van der Waals surface area contributed by atoms with Crippen molar-refractivity contribution in [2.45, 2.75) is 51.5 Å². The predicted molar refractivity (Wildman–Crippen MR) is 73.1 cm³/mol. The second-order valence-corrected chi connectivity index (χ2v) is 5.53. The molecular formula is C14H21N3O2. The van der Waals surface area contributed by atoms with Crippen LogP contribution in [0.3, 0.4) is 0 Å². The molecule has 0 aromatic carbocycles. The van der Waals surface area contributed by atoms with Gasteiger partial charge < -0.3 is 10.4 Å². The molecule has 0 amide bonds. The molecule has 1 aromatic heterocycles. The van der Waals surface area contributed by atoms with E-state index < -0.39 is 5.97 Å². The zero-order valence-electron chi connectivity index (χ0n) is 11.5. The third-order valence-electron chi connectivity index (χ3n) is 3.71. The molecule has 104 valence electrons. The topological polar surface area (TPSA) is 75.1 Å². The van der Waals surface area contributed by atoms with Crippen LogP contribution in [0, 0.1) is 5.92 Å². The molecule has 1 aliphatic carbocycles. The number of aromatic nitrogens is 2. The lowest BCUT2D eigenvalue weighted by molar-refractivity contribution is -0.142. The van der Waals surface area contributed by atoms with E-state index in [9.17, 15) is 4.79 Å². The maximum Gasteiger partial charge on any atom is 0.306 e. The van der Waals surface area contributed by atoms with Crippen LogP contribution < -0.4 is 5.32 Å². The molecule has 0 unspecified atom stereocenters. The number of carboxylic acid groups (broad SMARTS) is 1. The first-order chi connectivity index (χ1) is 9.06. The molecule has 0 aliphatic heterocycles. The fraction of sp³-hybridized carbons (Fsp3) is 0.643. The standard InChI is InChI=1S/C14H21N3O2/c1-9(2)12-7-8-13(17-16-12)15-11-5-3-10(4-6-11)14(18)19/h7-11H,3-6H2,1-2H3,(H,15,17)(H,18,19). The smallest absolute Gasteiger partial charge is 0.306 e. The summed E-state index contributed by atoms with van der Waals surface area (Å²) in [5, 5.41) is 20.6. The summed E-state index contributed by atoms with van der Waals surface area (Å²) in [4.78, 5) is 10.9. The molecule has 1 fully saturated rings. The van der Waals surface area contributed by atoms with E-state index >= 15 is 0 Å². The van der Waals surface area contributed by atoms with Crippen molar-refractivity contribution >= 4 is 11.8 Å². The summed E-state index contributed by atoms with van der Waals surface area (Å²) in [5.74, 6) is 0.322. The van der Waals surface area contributed by atoms with Crippen LogP contribution in [0.25, 0.3) is 0 Å². The number of carbonyl (C=O) groups is 1. The van der Waals surface area contributed by atoms with Crippen molar-refractivity contribution in [1.29, 1.82) is 0 Å². The van der Waals surface area contributed by atoms with Crippen LogP contribution in [-0.2, 0) is 4.79 Å². The minimum atomic E-state index is -0.667. The number of aliphatic carboxylic acids is 1. The van der Waals surface area contributed by atoms with Crippen molar-refractivity contribution in [2.75, 3.05) is 5.32 Å². The Morgan fingerprint density at radius 3 is 2.42 bits per heavy atom. The normalized spacial score (nSPS) is 23.3. The van der Waals surface area contributed by atoms with Crippen LogP contribution in [0.5, 0.6) is 0 Å². The third kappa shape index (κ3) is 3.66. The van der Waals surface area contributed by atoms with Gasteiger partial charge in [0, 0.05) is 6.04 Å². The first kappa shape index (κ1) is 13.8. The molecule has 1 aliphatic rings. The van der Waals surface area contributed by atoms with Crippen molar-refractivity contribution in [1.82, 2.24) is 10.2 Å². The van der Waals surface area contributed by atoms with Crippen molar-refractivity contribution in [3.8, 4) is 0 Å². The summed E-state index contributed by atoms with van der Waals surface area (Å²) < 4.78 is 0. The van der Waals surface area contributed by atoms with Crippen LogP contribution in [0.1, 0.15) is 51.1 Å². The van der Waals surface area contributed by atoms with Crippen LogP contribution >= 0.6 is 0 Å². The second-order valence-electron chi connectivity index (χ2n) is 5.53. The van der Waals surface area contributed by atoms with Crippen LogP contribution in [0.15, 0.2) is 12.1 Å². The van der Waals surface area contributed by atoms with Gasteiger partial charge in [-0.1, -0.05) is 13.8 Å².